The number of aliphatic hydroxyl groups excluding tert-OH is 10. The summed E-state index contributed by atoms with van der Waals surface area (Å²) in [7, 11) is 4.30. The zero-order valence-corrected chi connectivity index (χ0v) is 44.5. The molecule has 0 fully saturated rings. The van der Waals surface area contributed by atoms with Gasteiger partial charge in [0.1, 0.15) is 54.5 Å². The summed E-state index contributed by atoms with van der Waals surface area (Å²) in [5.74, 6) is -3.45. The molecular formula is C51H78N10O18. The molecule has 0 saturated heterocycles. The van der Waals surface area contributed by atoms with Gasteiger partial charge in [-0.25, -0.2) is 4.98 Å². The molecule has 440 valence electrons. The highest BCUT2D eigenvalue weighted by molar-refractivity contribution is 5.96. The first-order valence-corrected chi connectivity index (χ1v) is 26.0. The number of unbranched alkanes of at least 4 members (excludes halogenated alkanes) is 3. The van der Waals surface area contributed by atoms with Crippen molar-refractivity contribution >= 4 is 58.1 Å². The molecule has 0 radical (unpaired) electrons. The molecule has 4 rings (SSSR count). The summed E-state index contributed by atoms with van der Waals surface area (Å²) < 4.78 is 4.87. The summed E-state index contributed by atoms with van der Waals surface area (Å²) in [6.07, 6.45) is -14.0. The van der Waals surface area contributed by atoms with Crippen LogP contribution in [-0.2, 0) is 46.6 Å². The van der Waals surface area contributed by atoms with Crippen LogP contribution in [0.4, 0.5) is 5.69 Å². The first-order chi connectivity index (χ1) is 37.6. The van der Waals surface area contributed by atoms with Gasteiger partial charge >= 0.3 is 5.97 Å². The predicted molar refractivity (Wildman–Crippen MR) is 281 cm³/mol. The quantitative estimate of drug-likeness (QED) is 0.0197. The van der Waals surface area contributed by atoms with Crippen LogP contribution in [0, 0.1) is 0 Å². The van der Waals surface area contributed by atoms with E-state index in [-0.39, 0.29) is 63.7 Å². The fourth-order valence-electron chi connectivity index (χ4n) is 8.52. The fourth-order valence-corrected chi connectivity index (χ4v) is 8.52. The highest BCUT2D eigenvalue weighted by Crippen LogP contribution is 2.27. The summed E-state index contributed by atoms with van der Waals surface area (Å²) in [6.45, 7) is -2.21. The van der Waals surface area contributed by atoms with E-state index in [1.807, 2.05) is 24.3 Å². The number of imidazole rings is 1. The van der Waals surface area contributed by atoms with Crippen LogP contribution >= 0.6 is 0 Å². The van der Waals surface area contributed by atoms with Crippen LogP contribution in [0.15, 0.2) is 42.5 Å². The monoisotopic (exact) mass is 1120 g/mol. The third-order valence-corrected chi connectivity index (χ3v) is 13.4. The number of benzene rings is 2. The Kier molecular flexibility index (Phi) is 26.8. The molecule has 28 nitrogen and oxygen atoms in total. The maximum atomic E-state index is 13.9. The van der Waals surface area contributed by atoms with Crippen LogP contribution in [-0.4, -0.2) is 240 Å². The van der Waals surface area contributed by atoms with Gasteiger partial charge in [0.2, 0.25) is 29.5 Å². The number of likely N-dealkylation sites (N-methyl/N-ethyl adjacent to an activating group) is 1. The van der Waals surface area contributed by atoms with Gasteiger partial charge < -0.3 is 102 Å². The second kappa shape index (κ2) is 32.6. The van der Waals surface area contributed by atoms with E-state index in [0.717, 1.165) is 11.0 Å². The lowest BCUT2D eigenvalue weighted by Gasteiger charge is -2.26. The van der Waals surface area contributed by atoms with Crippen molar-refractivity contribution in [3.05, 3.63) is 59.4 Å². The average molecular weight is 1120 g/mol. The number of hydrogen-bond acceptors (Lipinski definition) is 21. The number of methoxy groups -OCH3 is 1. The van der Waals surface area contributed by atoms with Crippen LogP contribution in [0.25, 0.3) is 11.0 Å². The maximum Gasteiger partial charge on any atom is 0.308 e. The lowest BCUT2D eigenvalue weighted by atomic mass is 10.0. The summed E-state index contributed by atoms with van der Waals surface area (Å²) in [6, 6.07) is 9.24. The number of carbonyl (C=O) groups is 7. The number of carbonyl (C=O) groups excluding carboxylic acids is 7. The normalized spacial score (nSPS) is 17.3. The zero-order chi connectivity index (χ0) is 58.3. The number of nitrogens with zero attached hydrogens (tertiary/aromatic N) is 3. The van der Waals surface area contributed by atoms with Crippen LogP contribution in [0.1, 0.15) is 79.5 Å². The molecule has 0 bridgehead atoms. The largest absolute Gasteiger partial charge is 0.469 e. The molecule has 2 heterocycles. The second-order valence-corrected chi connectivity index (χ2v) is 19.4. The lowest BCUT2D eigenvalue weighted by Crippen LogP contribution is -2.53. The minimum Gasteiger partial charge on any atom is -0.469 e. The van der Waals surface area contributed by atoms with Gasteiger partial charge in [0, 0.05) is 63.9 Å². The van der Waals surface area contributed by atoms with Crippen molar-refractivity contribution < 1.29 is 89.4 Å². The number of hydrogen-bond donors (Lipinski definition) is 17. The lowest BCUT2D eigenvalue weighted by molar-refractivity contribution is -0.144. The number of nitrogens with one attached hydrogen (secondary N) is 7. The molecule has 11 atom stereocenters. The Balaban J connectivity index is 1.34. The number of esters is 1. The van der Waals surface area contributed by atoms with E-state index in [0.29, 0.717) is 48.3 Å². The minimum atomic E-state index is -1.95. The number of ether oxygens (including phenoxy) is 1. The van der Waals surface area contributed by atoms with Crippen LogP contribution < -0.4 is 31.9 Å². The third kappa shape index (κ3) is 20.0. The number of aromatic amines is 1. The van der Waals surface area contributed by atoms with E-state index >= 15 is 0 Å². The molecule has 3 aromatic rings. The molecule has 79 heavy (non-hydrogen) atoms. The first kappa shape index (κ1) is 65.1. The highest BCUT2D eigenvalue weighted by Gasteiger charge is 2.34. The van der Waals surface area contributed by atoms with Gasteiger partial charge in [-0.1, -0.05) is 25.0 Å². The van der Waals surface area contributed by atoms with Crippen molar-refractivity contribution in [3.8, 4) is 0 Å². The molecule has 6 amide bonds. The number of amides is 6. The van der Waals surface area contributed by atoms with Gasteiger partial charge in [-0.15, -0.1) is 0 Å². The van der Waals surface area contributed by atoms with E-state index in [1.54, 1.807) is 30.1 Å². The SMILES string of the molecule is CN[C@@H](CCC(=O)NCC(O)C(O)[C@H](O)[C@@H](O)CO)C(=O)N[C@@H](CCC(=O)NCC(O)C(O)[C@H](O)[C@@H](O)CO)C(=O)NCCCCCCN1Cc2cc(C(=O)N(C)Cc3nc4ccccc4[nH]3)ccc2N[C@@H](CC(=O)OC)C1=O. The molecule has 0 spiro atoms. The third-order valence-electron chi connectivity index (χ3n) is 13.4. The molecule has 1 aliphatic rings. The zero-order valence-electron chi connectivity index (χ0n) is 44.5. The molecule has 2 aromatic carbocycles. The van der Waals surface area contributed by atoms with Gasteiger partial charge in [0.15, 0.2) is 0 Å². The number of H-pyrrole nitrogens is 1. The maximum absolute atomic E-state index is 13.9. The summed E-state index contributed by atoms with van der Waals surface area (Å²) in [4.78, 5) is 104. The molecular weight excluding hydrogens is 1040 g/mol. The summed E-state index contributed by atoms with van der Waals surface area (Å²) >= 11 is 0. The van der Waals surface area contributed by atoms with E-state index in [4.69, 9.17) is 14.9 Å². The molecule has 1 aromatic heterocycles. The Morgan fingerprint density at radius 2 is 1.34 bits per heavy atom. The Hall–Kier alpha value is -6.44. The van der Waals surface area contributed by atoms with Gasteiger partial charge in [-0.3, -0.25) is 33.6 Å². The fraction of sp³-hybridized carbons (Fsp3) is 0.608. The molecule has 1 aliphatic heterocycles. The number of aliphatic hydroxyl groups is 10. The van der Waals surface area contributed by atoms with Crippen molar-refractivity contribution in [2.45, 2.75) is 138 Å². The van der Waals surface area contributed by atoms with Gasteiger partial charge in [0.05, 0.1) is 62.6 Å². The van der Waals surface area contributed by atoms with Crippen molar-refractivity contribution in [3.63, 3.8) is 0 Å². The number of aromatic nitrogens is 2. The Bertz CT molecular complexity index is 2430. The standard InChI is InChI=1S/C51H78N10O18/c1-52-33(14-16-41(68)54-22-36(64)44(71)46(73)38(66)26-62)49(76)59-34(15-17-42(69)55-23-37(65)45(72)47(74)39(67)27-63)48(75)53-18-8-4-5-9-19-61-24-29-20-28(12-13-30(29)56-35(51(61)78)21-43(70)79-3)50(77)60(2)25-40-57-31-10-6-7-11-32(31)58-40/h6-7,10-13,20,33-39,44-47,52,56,62-67,71-74H,4-5,8-9,14-19,21-27H2,1-3H3,(H,53,75)(H,54,68)(H,55,69)(H,57,58)(H,59,76)/t33-,34-,35-,36?,37?,38-,39-,44?,45?,46+,47+/m0/s1. The number of fused-ring (bicyclic) bond motifs is 2. The van der Waals surface area contributed by atoms with Crippen molar-refractivity contribution in [2.75, 3.05) is 65.9 Å². The Morgan fingerprint density at radius 1 is 0.759 bits per heavy atom. The van der Waals surface area contributed by atoms with Gasteiger partial charge in [0.25, 0.3) is 5.91 Å². The molecule has 4 unspecified atom stereocenters. The summed E-state index contributed by atoms with van der Waals surface area (Å²) in [5.41, 5.74) is 3.24. The van der Waals surface area contributed by atoms with E-state index < -0.39 is 129 Å². The van der Waals surface area contributed by atoms with E-state index in [2.05, 4.69) is 41.9 Å². The Morgan fingerprint density at radius 3 is 1.92 bits per heavy atom. The number of rotatable bonds is 34. The number of para-hydroxylation sites is 2. The molecule has 28 heteroatoms. The summed E-state index contributed by atoms with van der Waals surface area (Å²) in [5, 5.41) is 113. The van der Waals surface area contributed by atoms with Crippen LogP contribution in [0.3, 0.4) is 0 Å². The van der Waals surface area contributed by atoms with Crippen molar-refractivity contribution in [1.29, 1.82) is 0 Å². The predicted octanol–water partition coefficient (Wildman–Crippen LogP) is -5.07. The first-order valence-electron chi connectivity index (χ1n) is 26.0. The molecule has 17 N–H and O–H groups in total. The number of anilines is 1. The van der Waals surface area contributed by atoms with Crippen LogP contribution in [0.2, 0.25) is 0 Å². The van der Waals surface area contributed by atoms with E-state index in [1.165, 1.54) is 19.1 Å². The molecule has 0 aliphatic carbocycles. The van der Waals surface area contributed by atoms with Gasteiger partial charge in [-0.05, 0) is 68.6 Å². The van der Waals surface area contributed by atoms with Crippen molar-refractivity contribution in [2.24, 2.45) is 0 Å². The van der Waals surface area contributed by atoms with Crippen LogP contribution in [0.5, 0.6) is 0 Å². The smallest absolute Gasteiger partial charge is 0.308 e. The Labute approximate surface area is 455 Å². The minimum absolute atomic E-state index is 0.123. The average Bonchev–Trinajstić information content (AvgIpc) is 3.88. The van der Waals surface area contributed by atoms with Gasteiger partial charge in [-0.2, -0.15) is 0 Å². The van der Waals surface area contributed by atoms with E-state index in [9.17, 15) is 74.4 Å². The van der Waals surface area contributed by atoms with Crippen molar-refractivity contribution in [1.82, 2.24) is 46.4 Å². The second-order valence-electron chi connectivity index (χ2n) is 19.4. The highest BCUT2D eigenvalue weighted by atomic mass is 16.5. The topological polar surface area (TPSA) is 438 Å². The molecule has 0 saturated carbocycles.